The van der Waals surface area contributed by atoms with Crippen molar-refractivity contribution in [2.24, 2.45) is 18.9 Å². The molecule has 4 rings (SSSR count). The standard InChI is InChI=1S/C25H38N4O2S/c1-19-25(20(2)27(3)26-19)28(4)32(30,31)24-12-10-21(11-13-24)6-5-7-22-14-16-29(17-15-22)18-23-8-9-23/h10-13,22-23H,5-9,14-18H2,1-4H3/p+1. The third-order valence-electron chi connectivity index (χ3n) is 7.39. The van der Waals surface area contributed by atoms with E-state index in [4.69, 9.17) is 0 Å². The minimum absolute atomic E-state index is 0.439. The number of likely N-dealkylation sites (tertiary alicyclic amines) is 1. The molecule has 1 aromatic heterocycles. The van der Waals surface area contributed by atoms with Gasteiger partial charge in [-0.1, -0.05) is 18.6 Å². The molecule has 1 unspecified atom stereocenters. The molecule has 0 bridgehead atoms. The molecule has 176 valence electrons. The van der Waals surface area contributed by atoms with E-state index in [1.165, 1.54) is 68.0 Å². The van der Waals surface area contributed by atoms with E-state index < -0.39 is 10.4 Å². The van der Waals surface area contributed by atoms with Crippen LogP contribution in [0.1, 0.15) is 55.5 Å². The minimum Gasteiger partial charge on any atom is -0.303 e. The summed E-state index contributed by atoms with van der Waals surface area (Å²) in [7, 11) is 0.160. The molecule has 1 N–H and O–H groups in total. The zero-order chi connectivity index (χ0) is 22.9. The fourth-order valence-electron chi connectivity index (χ4n) is 5.05. The van der Waals surface area contributed by atoms with Crippen LogP contribution in [0.5, 0.6) is 0 Å². The average Bonchev–Trinajstić information content (AvgIpc) is 3.55. The van der Waals surface area contributed by atoms with Gasteiger partial charge in [-0.15, -0.1) is 0 Å². The number of rotatable bonds is 9. The lowest BCUT2D eigenvalue weighted by Crippen LogP contribution is -2.35. The maximum atomic E-state index is 13.3. The molecule has 2 heterocycles. The number of aromatic nitrogens is 2. The highest BCUT2D eigenvalue weighted by Crippen LogP contribution is 2.33. The molecule has 1 aliphatic heterocycles. The average molecular weight is 460 g/mol. The summed E-state index contributed by atoms with van der Waals surface area (Å²) in [6.07, 6.45) is 9.10. The van der Waals surface area contributed by atoms with E-state index in [1.54, 1.807) is 11.7 Å². The topological polar surface area (TPSA) is 61.6 Å². The van der Waals surface area contributed by atoms with Crippen molar-refractivity contribution in [2.45, 2.75) is 63.7 Å². The van der Waals surface area contributed by atoms with Gasteiger partial charge in [-0.3, -0.25) is 4.68 Å². The molecule has 1 saturated carbocycles. The smallest absolute Gasteiger partial charge is 0.303 e. The Morgan fingerprint density at radius 2 is 1.75 bits per heavy atom. The zero-order valence-corrected chi connectivity index (χ0v) is 20.9. The molecule has 0 amide bonds. The van der Waals surface area contributed by atoms with Gasteiger partial charge in [-0.05, 0) is 99.2 Å². The predicted molar refractivity (Wildman–Crippen MR) is 131 cm³/mol. The SMILES string of the molecule is Cc1nn(C)c(C)c1N(C)[S+](=O)(O)c1ccc(CCCC2CCN(CC3CC3)CC2)cc1. The Hall–Kier alpha value is -1.70. The second-order valence-electron chi connectivity index (χ2n) is 9.86. The third kappa shape index (κ3) is 5.26. The minimum atomic E-state index is -3.36. The number of anilines is 1. The predicted octanol–water partition coefficient (Wildman–Crippen LogP) is 4.86. The van der Waals surface area contributed by atoms with Gasteiger partial charge in [0.25, 0.3) is 0 Å². The Labute approximate surface area is 194 Å². The van der Waals surface area contributed by atoms with E-state index in [2.05, 4.69) is 10.00 Å². The molecular formula is C25H39N4O2S+. The summed E-state index contributed by atoms with van der Waals surface area (Å²) in [6.45, 7) is 7.69. The maximum absolute atomic E-state index is 13.3. The molecule has 0 spiro atoms. The van der Waals surface area contributed by atoms with Gasteiger partial charge in [0.1, 0.15) is 5.69 Å². The Balaban J connectivity index is 1.28. The van der Waals surface area contributed by atoms with Crippen molar-refractivity contribution >= 4 is 16.1 Å². The molecule has 1 atom stereocenters. The first-order valence-corrected chi connectivity index (χ1v) is 13.5. The molecular weight excluding hydrogens is 420 g/mol. The summed E-state index contributed by atoms with van der Waals surface area (Å²) in [5, 5.41) is 4.38. The lowest BCUT2D eigenvalue weighted by Gasteiger charge is -2.32. The van der Waals surface area contributed by atoms with Crippen LogP contribution in [-0.4, -0.2) is 45.9 Å². The van der Waals surface area contributed by atoms with E-state index in [-0.39, 0.29) is 0 Å². The van der Waals surface area contributed by atoms with Crippen LogP contribution in [0.4, 0.5) is 5.69 Å². The number of nitrogens with zero attached hydrogens (tertiary/aromatic N) is 4. The Morgan fingerprint density at radius 1 is 1.09 bits per heavy atom. The van der Waals surface area contributed by atoms with Gasteiger partial charge >= 0.3 is 10.4 Å². The van der Waals surface area contributed by atoms with E-state index >= 15 is 0 Å². The van der Waals surface area contributed by atoms with Crippen molar-refractivity contribution in [1.82, 2.24) is 14.7 Å². The molecule has 1 aromatic carbocycles. The van der Waals surface area contributed by atoms with Crippen LogP contribution >= 0.6 is 0 Å². The molecule has 1 saturated heterocycles. The molecule has 1 aliphatic carbocycles. The monoisotopic (exact) mass is 459 g/mol. The maximum Gasteiger partial charge on any atom is 0.348 e. The molecule has 2 aliphatic rings. The van der Waals surface area contributed by atoms with Crippen LogP contribution in [-0.2, 0) is 28.1 Å². The second-order valence-corrected chi connectivity index (χ2v) is 11.9. The van der Waals surface area contributed by atoms with Gasteiger partial charge in [-0.25, -0.2) is 0 Å². The lowest BCUT2D eigenvalue weighted by atomic mass is 9.90. The van der Waals surface area contributed by atoms with E-state index in [9.17, 15) is 8.76 Å². The number of piperidine rings is 1. The number of aryl methyl sites for hydroxylation is 3. The summed E-state index contributed by atoms with van der Waals surface area (Å²) in [6, 6.07) is 7.65. The zero-order valence-electron chi connectivity index (χ0n) is 20.1. The van der Waals surface area contributed by atoms with Crippen molar-refractivity contribution in [3.8, 4) is 0 Å². The van der Waals surface area contributed by atoms with Crippen molar-refractivity contribution in [1.29, 1.82) is 0 Å². The first kappa shape index (κ1) is 23.5. The van der Waals surface area contributed by atoms with E-state index in [0.29, 0.717) is 10.6 Å². The summed E-state index contributed by atoms with van der Waals surface area (Å²) in [5.74, 6) is 1.86. The van der Waals surface area contributed by atoms with E-state index in [0.717, 1.165) is 29.6 Å². The molecule has 7 heteroatoms. The van der Waals surface area contributed by atoms with Crippen molar-refractivity contribution in [3.05, 3.63) is 41.2 Å². The number of benzene rings is 1. The van der Waals surface area contributed by atoms with E-state index in [1.807, 2.05) is 45.2 Å². The number of hydrogen-bond donors (Lipinski definition) is 1. The highest BCUT2D eigenvalue weighted by Gasteiger charge is 2.38. The fourth-order valence-corrected chi connectivity index (χ4v) is 6.37. The van der Waals surface area contributed by atoms with Gasteiger partial charge in [0.15, 0.2) is 0 Å². The van der Waals surface area contributed by atoms with Crippen LogP contribution < -0.4 is 4.31 Å². The molecule has 2 fully saturated rings. The molecule has 32 heavy (non-hydrogen) atoms. The van der Waals surface area contributed by atoms with Crippen molar-refractivity contribution in [2.75, 3.05) is 31.0 Å². The van der Waals surface area contributed by atoms with Gasteiger partial charge in [-0.2, -0.15) is 14.0 Å². The van der Waals surface area contributed by atoms with Crippen LogP contribution in [0.25, 0.3) is 0 Å². The normalized spacial score (nSPS) is 19.8. The van der Waals surface area contributed by atoms with Crippen molar-refractivity contribution < 1.29 is 8.76 Å². The highest BCUT2D eigenvalue weighted by molar-refractivity contribution is 7.99. The quantitative estimate of drug-likeness (QED) is 0.544. The van der Waals surface area contributed by atoms with Crippen LogP contribution in [0.3, 0.4) is 0 Å². The first-order valence-electron chi connectivity index (χ1n) is 12.1. The molecule has 2 aromatic rings. The lowest BCUT2D eigenvalue weighted by molar-refractivity contribution is 0.172. The van der Waals surface area contributed by atoms with Gasteiger partial charge in [0.05, 0.1) is 18.4 Å². The fraction of sp³-hybridized carbons (Fsp3) is 0.640. The van der Waals surface area contributed by atoms with Crippen LogP contribution in [0.15, 0.2) is 29.2 Å². The van der Waals surface area contributed by atoms with Crippen molar-refractivity contribution in [3.63, 3.8) is 0 Å². The van der Waals surface area contributed by atoms with Crippen LogP contribution in [0, 0.1) is 25.7 Å². The first-order chi connectivity index (χ1) is 15.3. The Bertz CT molecular complexity index is 959. The molecule has 0 radical (unpaired) electrons. The van der Waals surface area contributed by atoms with Gasteiger partial charge in [0, 0.05) is 13.6 Å². The highest BCUT2D eigenvalue weighted by atomic mass is 32.3. The number of hydrogen-bond acceptors (Lipinski definition) is 3. The van der Waals surface area contributed by atoms with Crippen LogP contribution in [0.2, 0.25) is 0 Å². The molecule has 6 nitrogen and oxygen atoms in total. The Kier molecular flexibility index (Phi) is 7.08. The Morgan fingerprint density at radius 3 is 2.31 bits per heavy atom. The summed E-state index contributed by atoms with van der Waals surface area (Å²) >= 11 is 0. The summed E-state index contributed by atoms with van der Waals surface area (Å²) < 4.78 is 27.4. The van der Waals surface area contributed by atoms with Gasteiger partial charge < -0.3 is 4.90 Å². The summed E-state index contributed by atoms with van der Waals surface area (Å²) in [4.78, 5) is 3.11. The van der Waals surface area contributed by atoms with Gasteiger partial charge in [0.2, 0.25) is 4.90 Å². The second kappa shape index (κ2) is 9.65. The summed E-state index contributed by atoms with van der Waals surface area (Å²) in [5.41, 5.74) is 3.59. The third-order valence-corrected chi connectivity index (χ3v) is 9.20. The largest absolute Gasteiger partial charge is 0.348 e.